The molecule has 9 heteroatoms. The third-order valence-corrected chi connectivity index (χ3v) is 5.62. The quantitative estimate of drug-likeness (QED) is 0.499. The van der Waals surface area contributed by atoms with Gasteiger partial charge in [0.2, 0.25) is 5.13 Å². The fourth-order valence-electron chi connectivity index (χ4n) is 2.93. The number of rotatable bonds is 5. The molecule has 0 aliphatic heterocycles. The summed E-state index contributed by atoms with van der Waals surface area (Å²) in [6.07, 6.45) is 6.20. The first-order valence-corrected chi connectivity index (χ1v) is 10.0. The van der Waals surface area contributed by atoms with Crippen molar-refractivity contribution in [3.05, 3.63) is 76.7 Å². The number of benzene rings is 1. The highest BCUT2D eigenvalue weighted by atomic mass is 32.1. The van der Waals surface area contributed by atoms with Crippen LogP contribution in [0.25, 0.3) is 16.3 Å². The van der Waals surface area contributed by atoms with Gasteiger partial charge in [-0.2, -0.15) is 5.10 Å². The Hall–Kier alpha value is -3.46. The van der Waals surface area contributed by atoms with Crippen LogP contribution in [0.15, 0.2) is 48.9 Å². The number of anilines is 1. The van der Waals surface area contributed by atoms with Crippen LogP contribution in [0.2, 0.25) is 0 Å². The van der Waals surface area contributed by atoms with Gasteiger partial charge in [0.05, 0.1) is 5.69 Å². The van der Waals surface area contributed by atoms with Crippen molar-refractivity contribution in [1.29, 1.82) is 0 Å². The SMILES string of the molecule is CCc1cnc(-n2cc(-c3ccc(NC(=O)c4c(F)cccc4F)nc3)c(C)n2)s1. The summed E-state index contributed by atoms with van der Waals surface area (Å²) in [5.74, 6) is -2.57. The number of nitrogens with one attached hydrogen (secondary N) is 1. The van der Waals surface area contributed by atoms with Crippen molar-refractivity contribution in [2.24, 2.45) is 0 Å². The van der Waals surface area contributed by atoms with Crippen molar-refractivity contribution in [2.75, 3.05) is 5.32 Å². The molecule has 0 aliphatic carbocycles. The Labute approximate surface area is 175 Å². The largest absolute Gasteiger partial charge is 0.306 e. The number of aryl methyl sites for hydroxylation is 2. The minimum Gasteiger partial charge on any atom is -0.306 e. The van der Waals surface area contributed by atoms with E-state index in [1.807, 2.05) is 19.3 Å². The van der Waals surface area contributed by atoms with Crippen molar-refractivity contribution in [3.63, 3.8) is 0 Å². The predicted octanol–water partition coefficient (Wildman–Crippen LogP) is 4.79. The lowest BCUT2D eigenvalue weighted by molar-refractivity contribution is 0.101. The standard InChI is InChI=1S/C21H17F2N5OS/c1-3-14-10-25-21(30-14)28-11-15(12(2)27-28)13-7-8-18(24-9-13)26-20(29)19-16(22)5-4-6-17(19)23/h4-11H,3H2,1-2H3,(H,24,26,29). The van der Waals surface area contributed by atoms with E-state index in [1.165, 1.54) is 10.9 Å². The summed E-state index contributed by atoms with van der Waals surface area (Å²) in [7, 11) is 0. The lowest BCUT2D eigenvalue weighted by Crippen LogP contribution is -2.16. The monoisotopic (exact) mass is 425 g/mol. The van der Waals surface area contributed by atoms with Gasteiger partial charge in [-0.05, 0) is 37.6 Å². The van der Waals surface area contributed by atoms with Crippen molar-refractivity contribution in [1.82, 2.24) is 19.7 Å². The van der Waals surface area contributed by atoms with E-state index in [1.54, 1.807) is 34.3 Å². The predicted molar refractivity (Wildman–Crippen MR) is 111 cm³/mol. The molecule has 6 nitrogen and oxygen atoms in total. The smallest absolute Gasteiger partial charge is 0.262 e. The molecule has 0 aliphatic rings. The maximum atomic E-state index is 13.8. The number of carbonyl (C=O) groups excluding carboxylic acids is 1. The molecule has 1 amide bonds. The zero-order chi connectivity index (χ0) is 21.3. The molecule has 0 saturated heterocycles. The fraction of sp³-hybridized carbons (Fsp3) is 0.143. The lowest BCUT2D eigenvalue weighted by atomic mass is 10.1. The number of halogens is 2. The van der Waals surface area contributed by atoms with Crippen LogP contribution in [0, 0.1) is 18.6 Å². The Kier molecular flexibility index (Phi) is 5.37. The average Bonchev–Trinajstić information content (AvgIpc) is 3.35. The topological polar surface area (TPSA) is 72.7 Å². The van der Waals surface area contributed by atoms with Crippen molar-refractivity contribution in [3.8, 4) is 16.3 Å². The first-order valence-electron chi connectivity index (χ1n) is 9.19. The molecule has 0 saturated carbocycles. The molecule has 1 N–H and O–H groups in total. The molecule has 0 radical (unpaired) electrons. The van der Waals surface area contributed by atoms with Crippen molar-refractivity contribution >= 4 is 23.1 Å². The highest BCUT2D eigenvalue weighted by Crippen LogP contribution is 2.26. The average molecular weight is 425 g/mol. The van der Waals surface area contributed by atoms with Gasteiger partial charge >= 0.3 is 0 Å². The highest BCUT2D eigenvalue weighted by molar-refractivity contribution is 7.14. The number of carbonyl (C=O) groups is 1. The number of hydrogen-bond acceptors (Lipinski definition) is 5. The van der Waals surface area contributed by atoms with Crippen LogP contribution < -0.4 is 5.32 Å². The molecule has 4 aromatic rings. The number of thiazole rings is 1. The summed E-state index contributed by atoms with van der Waals surface area (Å²) in [6, 6.07) is 6.59. The van der Waals surface area contributed by atoms with Gasteiger partial charge in [0.25, 0.3) is 5.91 Å². The van der Waals surface area contributed by atoms with Crippen LogP contribution in [0.5, 0.6) is 0 Å². The molecule has 152 valence electrons. The van der Waals surface area contributed by atoms with E-state index in [9.17, 15) is 13.6 Å². The van der Waals surface area contributed by atoms with Gasteiger partial charge in [-0.15, -0.1) is 0 Å². The van der Waals surface area contributed by atoms with Crippen LogP contribution in [0.4, 0.5) is 14.6 Å². The highest BCUT2D eigenvalue weighted by Gasteiger charge is 2.18. The summed E-state index contributed by atoms with van der Waals surface area (Å²) in [5.41, 5.74) is 1.82. The minimum atomic E-state index is -0.930. The maximum Gasteiger partial charge on any atom is 0.262 e. The van der Waals surface area contributed by atoms with E-state index in [0.717, 1.165) is 40.5 Å². The van der Waals surface area contributed by atoms with Gasteiger partial charge < -0.3 is 5.32 Å². The Bertz CT molecular complexity index is 1200. The Morgan fingerprint density at radius 2 is 1.90 bits per heavy atom. The summed E-state index contributed by atoms with van der Waals surface area (Å²) >= 11 is 1.58. The second-order valence-electron chi connectivity index (χ2n) is 6.52. The summed E-state index contributed by atoms with van der Waals surface area (Å²) in [5, 5.41) is 7.72. The molecule has 0 atom stereocenters. The molecule has 4 rings (SSSR count). The molecule has 0 unspecified atom stereocenters. The van der Waals surface area contributed by atoms with Crippen LogP contribution in [0.3, 0.4) is 0 Å². The first kappa shape index (κ1) is 19.8. The number of nitrogens with zero attached hydrogens (tertiary/aromatic N) is 4. The summed E-state index contributed by atoms with van der Waals surface area (Å²) in [4.78, 5) is 22.0. The Balaban J connectivity index is 1.55. The van der Waals surface area contributed by atoms with E-state index in [0.29, 0.717) is 0 Å². The van der Waals surface area contributed by atoms with Gasteiger partial charge in [0.1, 0.15) is 23.0 Å². The molecule has 0 bridgehead atoms. The number of aromatic nitrogens is 4. The van der Waals surface area contributed by atoms with E-state index >= 15 is 0 Å². The van der Waals surface area contributed by atoms with E-state index in [2.05, 4.69) is 27.3 Å². The minimum absolute atomic E-state index is 0.184. The molecular weight excluding hydrogens is 408 g/mol. The number of amides is 1. The number of hydrogen-bond donors (Lipinski definition) is 1. The fourth-order valence-corrected chi connectivity index (χ4v) is 3.71. The van der Waals surface area contributed by atoms with Crippen LogP contribution >= 0.6 is 11.3 Å². The molecule has 30 heavy (non-hydrogen) atoms. The molecule has 3 aromatic heterocycles. The molecular formula is C21H17F2N5OS. The van der Waals surface area contributed by atoms with Crippen molar-refractivity contribution in [2.45, 2.75) is 20.3 Å². The molecule has 0 spiro atoms. The summed E-state index contributed by atoms with van der Waals surface area (Å²) < 4.78 is 29.3. The van der Waals surface area contributed by atoms with E-state index in [-0.39, 0.29) is 5.82 Å². The van der Waals surface area contributed by atoms with E-state index in [4.69, 9.17) is 0 Å². The first-order chi connectivity index (χ1) is 14.5. The second kappa shape index (κ2) is 8.11. The van der Waals surface area contributed by atoms with Gasteiger partial charge in [-0.1, -0.05) is 24.3 Å². The maximum absolute atomic E-state index is 13.8. The van der Waals surface area contributed by atoms with Crippen molar-refractivity contribution < 1.29 is 13.6 Å². The van der Waals surface area contributed by atoms with Gasteiger partial charge in [-0.25, -0.2) is 23.4 Å². The Morgan fingerprint density at radius 3 is 2.53 bits per heavy atom. The van der Waals surface area contributed by atoms with Gasteiger partial charge in [0.15, 0.2) is 0 Å². The molecule has 3 heterocycles. The lowest BCUT2D eigenvalue weighted by Gasteiger charge is -2.07. The summed E-state index contributed by atoms with van der Waals surface area (Å²) in [6.45, 7) is 3.96. The zero-order valence-corrected chi connectivity index (χ0v) is 17.0. The van der Waals surface area contributed by atoms with Gasteiger partial charge in [0, 0.05) is 34.6 Å². The third kappa shape index (κ3) is 3.84. The molecule has 1 aromatic carbocycles. The van der Waals surface area contributed by atoms with E-state index < -0.39 is 23.1 Å². The normalized spacial score (nSPS) is 10.9. The van der Waals surface area contributed by atoms with Crippen LogP contribution in [0.1, 0.15) is 27.9 Å². The third-order valence-electron chi connectivity index (χ3n) is 4.49. The molecule has 0 fully saturated rings. The Morgan fingerprint density at radius 1 is 1.13 bits per heavy atom. The van der Waals surface area contributed by atoms with Crippen LogP contribution in [-0.2, 0) is 6.42 Å². The van der Waals surface area contributed by atoms with Gasteiger partial charge in [-0.3, -0.25) is 4.79 Å². The number of pyridine rings is 1. The zero-order valence-electron chi connectivity index (χ0n) is 16.2. The second-order valence-corrected chi connectivity index (χ2v) is 7.61. The van der Waals surface area contributed by atoms with Crippen LogP contribution in [-0.4, -0.2) is 25.7 Å².